The van der Waals surface area contributed by atoms with Crippen LogP contribution >= 0.6 is 0 Å². The zero-order chi connectivity index (χ0) is 13.8. The Bertz CT molecular complexity index is 324. The molecule has 1 rings (SSSR count). The third kappa shape index (κ3) is 4.46. The quantitative estimate of drug-likeness (QED) is 0.722. The van der Waals surface area contributed by atoms with Crippen LogP contribution in [0.25, 0.3) is 0 Å². The van der Waals surface area contributed by atoms with E-state index in [4.69, 9.17) is 0 Å². The van der Waals surface area contributed by atoms with Crippen LogP contribution in [-0.4, -0.2) is 55.7 Å². The molecule has 0 aromatic carbocycles. The smallest absolute Gasteiger partial charge is 0.304 e. The van der Waals surface area contributed by atoms with E-state index in [0.29, 0.717) is 12.1 Å². The summed E-state index contributed by atoms with van der Waals surface area (Å²) in [6.45, 7) is 6.75. The molecule has 1 fully saturated rings. The Morgan fingerprint density at radius 3 is 2.17 bits per heavy atom. The first-order chi connectivity index (χ1) is 8.34. The molecule has 0 bridgehead atoms. The highest BCUT2D eigenvalue weighted by molar-refractivity contribution is 5.28. The van der Waals surface area contributed by atoms with Gasteiger partial charge in [-0.15, -0.1) is 0 Å². The van der Waals surface area contributed by atoms with Crippen LogP contribution in [0, 0.1) is 0 Å². The van der Waals surface area contributed by atoms with Crippen molar-refractivity contribution >= 4 is 0 Å². The third-order valence-electron chi connectivity index (χ3n) is 3.26. The first kappa shape index (κ1) is 15.2. The maximum atomic E-state index is 12.7. The van der Waals surface area contributed by atoms with Gasteiger partial charge in [-0.2, -0.15) is 13.2 Å². The van der Waals surface area contributed by atoms with Gasteiger partial charge in [0.05, 0.1) is 0 Å². The fraction of sp³-hybridized carbons (Fsp3) is 0.692. The molecule has 0 amide bonds. The summed E-state index contributed by atoms with van der Waals surface area (Å²) in [6, 6.07) is 0. The Labute approximate surface area is 107 Å². The molecule has 5 heteroatoms. The predicted octanol–water partition coefficient (Wildman–Crippen LogP) is 2.69. The molecule has 0 aliphatic carbocycles. The molecule has 1 aliphatic rings. The highest BCUT2D eigenvalue weighted by Crippen LogP contribution is 2.28. The van der Waals surface area contributed by atoms with Crippen LogP contribution in [0.1, 0.15) is 13.8 Å². The molecule has 2 nitrogen and oxygen atoms in total. The number of alkyl halides is 3. The minimum absolute atomic E-state index is 0.370. The molecular weight excluding hydrogens is 241 g/mol. The number of halogens is 3. The minimum Gasteiger partial charge on any atom is -0.304 e. The van der Waals surface area contributed by atoms with Crippen molar-refractivity contribution in [3.8, 4) is 0 Å². The maximum Gasteiger partial charge on any atom is 0.412 e. The highest BCUT2D eigenvalue weighted by Gasteiger charge is 2.32. The Morgan fingerprint density at radius 2 is 1.72 bits per heavy atom. The summed E-state index contributed by atoms with van der Waals surface area (Å²) in [5.74, 6) is 0. The molecule has 0 spiro atoms. The molecule has 0 radical (unpaired) electrons. The second-order valence-corrected chi connectivity index (χ2v) is 4.73. The second kappa shape index (κ2) is 6.38. The molecule has 1 aliphatic heterocycles. The molecular formula is C13H21F3N2. The summed E-state index contributed by atoms with van der Waals surface area (Å²) < 4.78 is 38.2. The van der Waals surface area contributed by atoms with Gasteiger partial charge < -0.3 is 4.90 Å². The molecule has 0 unspecified atom stereocenters. The summed E-state index contributed by atoms with van der Waals surface area (Å²) in [4.78, 5) is 4.26. The van der Waals surface area contributed by atoms with E-state index in [0.717, 1.165) is 33.1 Å². The van der Waals surface area contributed by atoms with Gasteiger partial charge in [0.25, 0.3) is 0 Å². The van der Waals surface area contributed by atoms with E-state index in [9.17, 15) is 13.2 Å². The molecule has 0 saturated carbocycles. The maximum absolute atomic E-state index is 12.7. The zero-order valence-electron chi connectivity index (χ0n) is 11.2. The van der Waals surface area contributed by atoms with E-state index in [2.05, 4.69) is 9.80 Å². The van der Waals surface area contributed by atoms with Crippen LogP contribution in [0.4, 0.5) is 13.2 Å². The van der Waals surface area contributed by atoms with Gasteiger partial charge in [0, 0.05) is 38.3 Å². The summed E-state index contributed by atoms with van der Waals surface area (Å²) in [7, 11) is 2.03. The number of likely N-dealkylation sites (N-methyl/N-ethyl adjacent to an activating group) is 1. The average Bonchev–Trinajstić information content (AvgIpc) is 2.29. The van der Waals surface area contributed by atoms with E-state index in [1.165, 1.54) is 0 Å². The normalized spacial score (nSPS) is 21.4. The highest BCUT2D eigenvalue weighted by atomic mass is 19.4. The van der Waals surface area contributed by atoms with Crippen molar-refractivity contribution in [1.82, 2.24) is 9.80 Å². The predicted molar refractivity (Wildman–Crippen MR) is 67.5 cm³/mol. The molecule has 1 saturated heterocycles. The van der Waals surface area contributed by atoms with Crippen molar-refractivity contribution in [2.45, 2.75) is 20.0 Å². The molecule has 0 N–H and O–H groups in total. The molecule has 0 aromatic rings. The first-order valence-corrected chi connectivity index (χ1v) is 6.15. The summed E-state index contributed by atoms with van der Waals surface area (Å²) >= 11 is 0. The van der Waals surface area contributed by atoms with E-state index < -0.39 is 11.7 Å². The van der Waals surface area contributed by atoms with Crippen LogP contribution in [0.5, 0.6) is 0 Å². The molecule has 104 valence electrons. The number of rotatable bonds is 3. The fourth-order valence-electron chi connectivity index (χ4n) is 1.93. The van der Waals surface area contributed by atoms with Crippen LogP contribution < -0.4 is 0 Å². The van der Waals surface area contributed by atoms with Gasteiger partial charge in [-0.05, 0) is 26.5 Å². The van der Waals surface area contributed by atoms with Gasteiger partial charge in [0.1, 0.15) is 0 Å². The van der Waals surface area contributed by atoms with Crippen molar-refractivity contribution in [1.29, 1.82) is 0 Å². The van der Waals surface area contributed by atoms with Gasteiger partial charge in [-0.3, -0.25) is 4.90 Å². The van der Waals surface area contributed by atoms with Crippen molar-refractivity contribution in [3.05, 3.63) is 23.3 Å². The number of hydrogen-bond donors (Lipinski definition) is 0. The Balaban J connectivity index is 2.75. The average molecular weight is 262 g/mol. The fourth-order valence-corrected chi connectivity index (χ4v) is 1.93. The third-order valence-corrected chi connectivity index (χ3v) is 3.26. The van der Waals surface area contributed by atoms with Crippen molar-refractivity contribution < 1.29 is 13.2 Å². The minimum atomic E-state index is -4.23. The van der Waals surface area contributed by atoms with Crippen LogP contribution in [0.3, 0.4) is 0 Å². The largest absolute Gasteiger partial charge is 0.412 e. The monoisotopic (exact) mass is 262 g/mol. The lowest BCUT2D eigenvalue weighted by atomic mass is 10.1. The summed E-state index contributed by atoms with van der Waals surface area (Å²) in [5, 5.41) is 0. The molecule has 18 heavy (non-hydrogen) atoms. The van der Waals surface area contributed by atoms with Crippen molar-refractivity contribution in [2.75, 3.05) is 39.8 Å². The molecule has 1 heterocycles. The molecule has 0 atom stereocenters. The lowest BCUT2D eigenvalue weighted by Crippen LogP contribution is -2.45. The number of allylic oxidation sites excluding steroid dienone is 2. The lowest BCUT2D eigenvalue weighted by molar-refractivity contribution is -0.0922. The van der Waals surface area contributed by atoms with Gasteiger partial charge in [-0.25, -0.2) is 0 Å². The van der Waals surface area contributed by atoms with E-state index in [1.807, 2.05) is 7.05 Å². The van der Waals surface area contributed by atoms with Crippen LogP contribution in [0.2, 0.25) is 0 Å². The second-order valence-electron chi connectivity index (χ2n) is 4.73. The first-order valence-electron chi connectivity index (χ1n) is 6.15. The number of piperazine rings is 1. The van der Waals surface area contributed by atoms with Gasteiger partial charge in [-0.1, -0.05) is 12.2 Å². The Morgan fingerprint density at radius 1 is 1.17 bits per heavy atom. The van der Waals surface area contributed by atoms with E-state index >= 15 is 0 Å². The van der Waals surface area contributed by atoms with E-state index in [1.54, 1.807) is 19.1 Å². The molecule has 0 aromatic heterocycles. The number of hydrogen-bond acceptors (Lipinski definition) is 2. The van der Waals surface area contributed by atoms with Crippen LogP contribution in [0.15, 0.2) is 23.3 Å². The van der Waals surface area contributed by atoms with Crippen molar-refractivity contribution in [3.63, 3.8) is 0 Å². The standard InChI is InChI=1S/C13H21F3N2/c1-4-5-12(11(2)13(14,15)16)10-18-8-6-17(3)7-9-18/h4-5H,6-10H2,1-3H3. The topological polar surface area (TPSA) is 6.48 Å². The SMILES string of the molecule is CC=CC(CN1CCN(C)CC1)=C(C)C(F)(F)F. The number of nitrogens with zero attached hydrogens (tertiary/aromatic N) is 2. The Hall–Kier alpha value is -0.810. The summed E-state index contributed by atoms with van der Waals surface area (Å²) in [5.41, 5.74) is -0.117. The van der Waals surface area contributed by atoms with Gasteiger partial charge >= 0.3 is 6.18 Å². The van der Waals surface area contributed by atoms with Crippen LogP contribution in [-0.2, 0) is 0 Å². The van der Waals surface area contributed by atoms with E-state index in [-0.39, 0.29) is 0 Å². The van der Waals surface area contributed by atoms with Gasteiger partial charge in [0.2, 0.25) is 0 Å². The Kier molecular flexibility index (Phi) is 5.41. The van der Waals surface area contributed by atoms with Crippen molar-refractivity contribution in [2.24, 2.45) is 0 Å². The summed E-state index contributed by atoms with van der Waals surface area (Å²) in [6.07, 6.45) is -0.997. The lowest BCUT2D eigenvalue weighted by Gasteiger charge is -2.33. The van der Waals surface area contributed by atoms with Gasteiger partial charge in [0.15, 0.2) is 0 Å². The zero-order valence-corrected chi connectivity index (χ0v) is 11.2.